The van der Waals surface area contributed by atoms with Crippen molar-refractivity contribution >= 4 is 11.8 Å². The number of anilines is 1. The summed E-state index contributed by atoms with van der Waals surface area (Å²) in [6, 6.07) is 19.9. The van der Waals surface area contributed by atoms with Crippen LogP contribution >= 0.6 is 0 Å². The molecule has 0 radical (unpaired) electrons. The minimum absolute atomic E-state index is 0.475. The number of nitrogens with one attached hydrogen (secondary N) is 1. The lowest BCUT2D eigenvalue weighted by Crippen LogP contribution is -2.16. The number of rotatable bonds is 6. The van der Waals surface area contributed by atoms with Crippen molar-refractivity contribution < 1.29 is 14.3 Å². The largest absolute Gasteiger partial charge is 0.490 e. The van der Waals surface area contributed by atoms with Gasteiger partial charge < -0.3 is 9.47 Å². The van der Waals surface area contributed by atoms with Gasteiger partial charge in [-0.3, -0.25) is 10.3 Å². The monoisotopic (exact) mass is 412 g/mol. The normalized spacial score (nSPS) is 10.4. The Bertz CT molecular complexity index is 1150. The molecule has 0 saturated carbocycles. The van der Waals surface area contributed by atoms with Gasteiger partial charge in [0, 0.05) is 29.2 Å². The van der Waals surface area contributed by atoms with Crippen LogP contribution in [0.15, 0.2) is 85.3 Å². The second-order valence-corrected chi connectivity index (χ2v) is 6.48. The van der Waals surface area contributed by atoms with Gasteiger partial charge in [-0.05, 0) is 55.5 Å². The molecule has 31 heavy (non-hydrogen) atoms. The van der Waals surface area contributed by atoms with Crippen LogP contribution in [0, 0.1) is 0 Å². The number of pyridine rings is 1. The fraction of sp³-hybridized carbons (Fsp3) is 0.0833. The lowest BCUT2D eigenvalue weighted by Gasteiger charge is -2.11. The van der Waals surface area contributed by atoms with E-state index in [0.29, 0.717) is 35.3 Å². The van der Waals surface area contributed by atoms with Crippen LogP contribution in [0.2, 0.25) is 0 Å². The summed E-state index contributed by atoms with van der Waals surface area (Å²) < 4.78 is 10.9. The first-order chi connectivity index (χ1) is 15.2. The Morgan fingerprint density at radius 1 is 0.935 bits per heavy atom. The summed E-state index contributed by atoms with van der Waals surface area (Å²) in [6.07, 6.45) is 4.53. The molecule has 2 heterocycles. The van der Waals surface area contributed by atoms with Gasteiger partial charge in [0.05, 0.1) is 12.8 Å². The molecule has 154 valence electrons. The van der Waals surface area contributed by atoms with E-state index in [-0.39, 0.29) is 0 Å². The number of hydrogen-bond acceptors (Lipinski definition) is 6. The number of amides is 1. The number of carbonyl (C=O) groups excluding carboxylic acids is 1. The number of carbonyl (C=O) groups is 1. The van der Waals surface area contributed by atoms with E-state index < -0.39 is 6.09 Å². The maximum Gasteiger partial charge on any atom is 0.417 e. The zero-order valence-corrected chi connectivity index (χ0v) is 16.9. The van der Waals surface area contributed by atoms with Gasteiger partial charge in [0.25, 0.3) is 0 Å². The smallest absolute Gasteiger partial charge is 0.417 e. The maximum absolute atomic E-state index is 12.1. The molecule has 0 atom stereocenters. The predicted octanol–water partition coefficient (Wildman–Crippen LogP) is 5.22. The highest BCUT2D eigenvalue weighted by Crippen LogP contribution is 2.29. The number of para-hydroxylation sites is 1. The lowest BCUT2D eigenvalue weighted by atomic mass is 10.1. The Morgan fingerprint density at radius 2 is 1.68 bits per heavy atom. The number of hydrogen-bond donors (Lipinski definition) is 1. The van der Waals surface area contributed by atoms with Crippen molar-refractivity contribution in [2.24, 2.45) is 0 Å². The minimum atomic E-state index is -0.559. The van der Waals surface area contributed by atoms with E-state index in [4.69, 9.17) is 14.5 Å². The number of nitrogens with zero attached hydrogens (tertiary/aromatic N) is 3. The van der Waals surface area contributed by atoms with Gasteiger partial charge >= 0.3 is 6.09 Å². The lowest BCUT2D eigenvalue weighted by molar-refractivity contribution is 0.215. The highest BCUT2D eigenvalue weighted by Gasteiger charge is 2.12. The van der Waals surface area contributed by atoms with Gasteiger partial charge in [-0.1, -0.05) is 18.2 Å². The summed E-state index contributed by atoms with van der Waals surface area (Å²) in [5, 5.41) is 2.70. The van der Waals surface area contributed by atoms with E-state index in [0.717, 1.165) is 11.1 Å². The second kappa shape index (κ2) is 9.49. The topological polar surface area (TPSA) is 86.2 Å². The summed E-state index contributed by atoms with van der Waals surface area (Å²) in [4.78, 5) is 25.3. The van der Waals surface area contributed by atoms with E-state index in [9.17, 15) is 4.79 Å². The molecule has 0 spiro atoms. The van der Waals surface area contributed by atoms with Crippen molar-refractivity contribution in [3.63, 3.8) is 0 Å². The molecular weight excluding hydrogens is 392 g/mol. The Labute approximate surface area is 179 Å². The first kappa shape index (κ1) is 20.0. The van der Waals surface area contributed by atoms with Crippen molar-refractivity contribution in [3.05, 3.63) is 85.3 Å². The van der Waals surface area contributed by atoms with Gasteiger partial charge in [-0.2, -0.15) is 0 Å². The molecule has 0 saturated heterocycles. The predicted molar refractivity (Wildman–Crippen MR) is 118 cm³/mol. The third-order valence-corrected chi connectivity index (χ3v) is 4.35. The van der Waals surface area contributed by atoms with Crippen molar-refractivity contribution in [2.75, 3.05) is 11.9 Å². The average Bonchev–Trinajstić information content (AvgIpc) is 2.81. The summed E-state index contributed by atoms with van der Waals surface area (Å²) in [5.74, 6) is 1.64. The molecule has 1 N–H and O–H groups in total. The molecular formula is C24H20N4O3. The summed E-state index contributed by atoms with van der Waals surface area (Å²) >= 11 is 0. The zero-order valence-electron chi connectivity index (χ0n) is 16.9. The molecule has 2 aromatic heterocycles. The molecule has 0 aliphatic carbocycles. The number of benzene rings is 2. The van der Waals surface area contributed by atoms with E-state index in [1.807, 2.05) is 37.3 Å². The van der Waals surface area contributed by atoms with Crippen molar-refractivity contribution in [2.45, 2.75) is 6.92 Å². The van der Waals surface area contributed by atoms with Crippen LogP contribution in [-0.4, -0.2) is 27.7 Å². The van der Waals surface area contributed by atoms with Gasteiger partial charge in [0.1, 0.15) is 11.4 Å². The van der Waals surface area contributed by atoms with Crippen LogP contribution in [0.25, 0.3) is 22.6 Å². The van der Waals surface area contributed by atoms with E-state index in [1.54, 1.807) is 55.0 Å². The SMILES string of the molecule is CCOc1cnc(-c2ccc(NC(=O)Oc3ccccc3)cc2)nc1-c1ccncc1. The van der Waals surface area contributed by atoms with Gasteiger partial charge in [-0.25, -0.2) is 14.8 Å². The Morgan fingerprint density at radius 3 is 2.39 bits per heavy atom. The van der Waals surface area contributed by atoms with Crippen LogP contribution in [0.5, 0.6) is 11.5 Å². The van der Waals surface area contributed by atoms with E-state index >= 15 is 0 Å². The van der Waals surface area contributed by atoms with Crippen LogP contribution in [-0.2, 0) is 0 Å². The molecule has 0 aliphatic heterocycles. The Hall–Kier alpha value is -4.26. The molecule has 0 fully saturated rings. The average molecular weight is 412 g/mol. The molecule has 7 nitrogen and oxygen atoms in total. The summed E-state index contributed by atoms with van der Waals surface area (Å²) in [6.45, 7) is 2.43. The standard InChI is InChI=1S/C24H20N4O3/c1-2-30-21-16-26-23(28-22(21)17-12-14-25-15-13-17)18-8-10-19(11-9-18)27-24(29)31-20-6-4-3-5-7-20/h3-16H,2H2,1H3,(H,27,29). The highest BCUT2D eigenvalue weighted by atomic mass is 16.6. The quantitative estimate of drug-likeness (QED) is 0.468. The molecule has 4 rings (SSSR count). The second-order valence-electron chi connectivity index (χ2n) is 6.48. The van der Waals surface area contributed by atoms with Gasteiger partial charge in [-0.15, -0.1) is 0 Å². The zero-order chi connectivity index (χ0) is 21.5. The fourth-order valence-electron chi connectivity index (χ4n) is 2.93. The van der Waals surface area contributed by atoms with Crippen LogP contribution < -0.4 is 14.8 Å². The van der Waals surface area contributed by atoms with Gasteiger partial charge in [0.2, 0.25) is 0 Å². The molecule has 0 aliphatic rings. The van der Waals surface area contributed by atoms with Crippen molar-refractivity contribution in [1.82, 2.24) is 15.0 Å². The van der Waals surface area contributed by atoms with Crippen molar-refractivity contribution in [1.29, 1.82) is 0 Å². The molecule has 1 amide bonds. The third kappa shape index (κ3) is 5.02. The van der Waals surface area contributed by atoms with Gasteiger partial charge in [0.15, 0.2) is 11.6 Å². The summed E-state index contributed by atoms with van der Waals surface area (Å²) in [7, 11) is 0. The fourth-order valence-corrected chi connectivity index (χ4v) is 2.93. The number of ether oxygens (including phenoxy) is 2. The Kier molecular flexibility index (Phi) is 6.13. The molecule has 0 unspecified atom stereocenters. The van der Waals surface area contributed by atoms with Crippen LogP contribution in [0.1, 0.15) is 6.92 Å². The maximum atomic E-state index is 12.1. The molecule has 7 heteroatoms. The van der Waals surface area contributed by atoms with Crippen LogP contribution in [0.3, 0.4) is 0 Å². The first-order valence-corrected chi connectivity index (χ1v) is 9.77. The summed E-state index contributed by atoms with van der Waals surface area (Å²) in [5.41, 5.74) is 3.00. The Balaban J connectivity index is 1.53. The minimum Gasteiger partial charge on any atom is -0.490 e. The van der Waals surface area contributed by atoms with Crippen LogP contribution in [0.4, 0.5) is 10.5 Å². The highest BCUT2D eigenvalue weighted by molar-refractivity contribution is 5.86. The first-order valence-electron chi connectivity index (χ1n) is 9.77. The van der Waals surface area contributed by atoms with E-state index in [1.165, 1.54) is 0 Å². The molecule has 4 aromatic rings. The van der Waals surface area contributed by atoms with E-state index in [2.05, 4.69) is 15.3 Å². The molecule has 2 aromatic carbocycles. The third-order valence-electron chi connectivity index (χ3n) is 4.35. The molecule has 0 bridgehead atoms. The number of aromatic nitrogens is 3. The van der Waals surface area contributed by atoms with Crippen molar-refractivity contribution in [3.8, 4) is 34.1 Å².